The maximum atomic E-state index is 14.3. The van der Waals surface area contributed by atoms with Crippen molar-refractivity contribution in [1.29, 1.82) is 0 Å². The fourth-order valence-electron chi connectivity index (χ4n) is 4.55. The monoisotopic (exact) mass is 364 g/mol. The first-order valence-electron chi connectivity index (χ1n) is 9.55. The van der Waals surface area contributed by atoms with Crippen LogP contribution in [-0.4, -0.2) is 49.0 Å². The van der Waals surface area contributed by atoms with E-state index >= 15 is 0 Å². The number of rotatable bonds is 5. The Morgan fingerprint density at radius 1 is 1.23 bits per heavy atom. The van der Waals surface area contributed by atoms with Gasteiger partial charge in [-0.15, -0.1) is 0 Å². The van der Waals surface area contributed by atoms with Crippen molar-refractivity contribution in [2.75, 3.05) is 33.3 Å². The number of likely N-dealkylation sites (tertiary alicyclic amines) is 2. The molecule has 4 rings (SSSR count). The predicted molar refractivity (Wildman–Crippen MR) is 93.8 cm³/mol. The second-order valence-corrected chi connectivity index (χ2v) is 8.08. The highest BCUT2D eigenvalue weighted by molar-refractivity contribution is 5.84. The van der Waals surface area contributed by atoms with Crippen molar-refractivity contribution in [3.8, 4) is 5.75 Å². The van der Waals surface area contributed by atoms with E-state index in [9.17, 15) is 13.6 Å². The minimum absolute atomic E-state index is 0.239. The Hall–Kier alpha value is -1.69. The third-order valence-electron chi connectivity index (χ3n) is 6.19. The number of halogens is 2. The van der Waals surface area contributed by atoms with Crippen molar-refractivity contribution in [3.05, 3.63) is 29.3 Å². The lowest BCUT2D eigenvalue weighted by molar-refractivity contribution is -0.145. The summed E-state index contributed by atoms with van der Waals surface area (Å²) < 4.78 is 33.1. The number of hydrogen-bond acceptors (Lipinski definition) is 3. The van der Waals surface area contributed by atoms with Gasteiger partial charge in [-0.3, -0.25) is 9.69 Å². The van der Waals surface area contributed by atoms with Gasteiger partial charge >= 0.3 is 0 Å². The van der Waals surface area contributed by atoms with Crippen LogP contribution in [0.25, 0.3) is 0 Å². The summed E-state index contributed by atoms with van der Waals surface area (Å²) in [5, 5.41) is 0. The average Bonchev–Trinajstić information content (AvgIpc) is 3.36. The van der Waals surface area contributed by atoms with Gasteiger partial charge in [-0.05, 0) is 56.7 Å². The van der Waals surface area contributed by atoms with E-state index in [1.165, 1.54) is 26.0 Å². The number of hydrogen-bond donors (Lipinski definition) is 0. The first-order chi connectivity index (χ1) is 12.5. The Labute approximate surface area is 153 Å². The van der Waals surface area contributed by atoms with Crippen LogP contribution in [0.1, 0.15) is 37.7 Å². The van der Waals surface area contributed by atoms with Crippen molar-refractivity contribution >= 4 is 5.91 Å². The molecule has 142 valence electrons. The molecule has 1 aromatic carbocycles. The van der Waals surface area contributed by atoms with Gasteiger partial charge in [-0.1, -0.05) is 0 Å². The van der Waals surface area contributed by atoms with E-state index in [0.29, 0.717) is 18.2 Å². The van der Waals surface area contributed by atoms with Gasteiger partial charge in [0.25, 0.3) is 0 Å². The molecular formula is C20H26F2N2O2. The lowest BCUT2D eigenvalue weighted by atomic mass is 9.78. The SMILES string of the molecule is COc1ccc(F)c(F)c1CN1CC[C@]2(CCCN(CC3CC3)C2=O)C1. The molecule has 1 aliphatic carbocycles. The van der Waals surface area contributed by atoms with Gasteiger partial charge in [0.1, 0.15) is 5.75 Å². The lowest BCUT2D eigenvalue weighted by Crippen LogP contribution is -2.50. The van der Waals surface area contributed by atoms with E-state index in [4.69, 9.17) is 4.74 Å². The lowest BCUT2D eigenvalue weighted by Gasteiger charge is -2.39. The van der Waals surface area contributed by atoms with Gasteiger partial charge in [0.15, 0.2) is 11.6 Å². The van der Waals surface area contributed by atoms with Crippen LogP contribution in [0.15, 0.2) is 12.1 Å². The molecule has 1 atom stereocenters. The van der Waals surface area contributed by atoms with Crippen LogP contribution >= 0.6 is 0 Å². The van der Waals surface area contributed by atoms with Crippen LogP contribution in [-0.2, 0) is 11.3 Å². The van der Waals surface area contributed by atoms with Crippen LogP contribution in [0.3, 0.4) is 0 Å². The minimum atomic E-state index is -0.862. The van der Waals surface area contributed by atoms with Crippen molar-refractivity contribution < 1.29 is 18.3 Å². The van der Waals surface area contributed by atoms with Crippen LogP contribution in [0.5, 0.6) is 5.75 Å². The number of carbonyl (C=O) groups excluding carboxylic acids is 1. The van der Waals surface area contributed by atoms with E-state index < -0.39 is 11.6 Å². The van der Waals surface area contributed by atoms with Crippen molar-refractivity contribution in [2.24, 2.45) is 11.3 Å². The highest BCUT2D eigenvalue weighted by Gasteiger charge is 2.49. The summed E-state index contributed by atoms with van der Waals surface area (Å²) >= 11 is 0. The van der Waals surface area contributed by atoms with Gasteiger partial charge in [-0.2, -0.15) is 0 Å². The topological polar surface area (TPSA) is 32.8 Å². The molecule has 1 spiro atoms. The van der Waals surface area contributed by atoms with Crippen molar-refractivity contribution in [2.45, 2.75) is 38.6 Å². The van der Waals surface area contributed by atoms with Gasteiger partial charge in [0.05, 0.1) is 12.5 Å². The maximum Gasteiger partial charge on any atom is 0.230 e. The van der Waals surface area contributed by atoms with E-state index in [0.717, 1.165) is 45.0 Å². The zero-order chi connectivity index (χ0) is 18.3. The summed E-state index contributed by atoms with van der Waals surface area (Å²) in [5.74, 6) is -0.396. The Morgan fingerprint density at radius 2 is 2.04 bits per heavy atom. The maximum absolute atomic E-state index is 14.3. The molecule has 3 aliphatic rings. The Kier molecular flexibility index (Phi) is 4.63. The number of carbonyl (C=O) groups is 1. The Balaban J connectivity index is 1.48. The second kappa shape index (κ2) is 6.80. The molecule has 2 aliphatic heterocycles. The number of methoxy groups -OCH3 is 1. The standard InChI is InChI=1S/C20H26F2N2O2/c1-26-17-6-5-16(21)18(22)15(17)12-23-10-8-20(13-23)7-2-9-24(19(20)25)11-14-3-4-14/h5-6,14H,2-4,7-13H2,1H3/t20-/m1/s1. The van der Waals surface area contributed by atoms with Gasteiger partial charge in [0.2, 0.25) is 5.91 Å². The molecule has 1 saturated carbocycles. The van der Waals surface area contributed by atoms with Crippen LogP contribution < -0.4 is 4.74 Å². The molecule has 3 fully saturated rings. The molecule has 0 N–H and O–H groups in total. The van der Waals surface area contributed by atoms with Crippen LogP contribution in [0.2, 0.25) is 0 Å². The molecule has 2 saturated heterocycles. The summed E-state index contributed by atoms with van der Waals surface area (Å²) in [6.07, 6.45) is 5.20. The van der Waals surface area contributed by atoms with E-state index in [1.807, 2.05) is 4.90 Å². The normalized spacial score (nSPS) is 26.7. The molecule has 6 heteroatoms. The number of amides is 1. The number of ether oxygens (including phenoxy) is 1. The number of nitrogens with zero attached hydrogens (tertiary/aromatic N) is 2. The zero-order valence-electron chi connectivity index (χ0n) is 15.3. The molecule has 0 radical (unpaired) electrons. The highest BCUT2D eigenvalue weighted by atomic mass is 19.2. The fraction of sp³-hybridized carbons (Fsp3) is 0.650. The largest absolute Gasteiger partial charge is 0.496 e. The Morgan fingerprint density at radius 3 is 2.77 bits per heavy atom. The molecule has 1 amide bonds. The van der Waals surface area contributed by atoms with E-state index in [1.54, 1.807) is 0 Å². The third kappa shape index (κ3) is 3.20. The quantitative estimate of drug-likeness (QED) is 0.804. The first-order valence-corrected chi connectivity index (χ1v) is 9.55. The van der Waals surface area contributed by atoms with Crippen molar-refractivity contribution in [1.82, 2.24) is 9.80 Å². The van der Waals surface area contributed by atoms with Gasteiger partial charge in [0, 0.05) is 31.7 Å². The van der Waals surface area contributed by atoms with Gasteiger partial charge in [-0.25, -0.2) is 8.78 Å². The minimum Gasteiger partial charge on any atom is -0.496 e. The molecule has 2 heterocycles. The second-order valence-electron chi connectivity index (χ2n) is 8.08. The Bertz CT molecular complexity index is 707. The molecule has 0 bridgehead atoms. The molecule has 26 heavy (non-hydrogen) atoms. The molecule has 0 unspecified atom stereocenters. The predicted octanol–water partition coefficient (Wildman–Crippen LogP) is 3.20. The summed E-state index contributed by atoms with van der Waals surface area (Å²) in [6, 6.07) is 2.55. The smallest absolute Gasteiger partial charge is 0.230 e. The van der Waals surface area contributed by atoms with E-state index in [2.05, 4.69) is 4.90 Å². The fourth-order valence-corrected chi connectivity index (χ4v) is 4.55. The van der Waals surface area contributed by atoms with Crippen molar-refractivity contribution in [3.63, 3.8) is 0 Å². The van der Waals surface area contributed by atoms with Crippen LogP contribution in [0, 0.1) is 23.0 Å². The average molecular weight is 364 g/mol. The summed E-state index contributed by atoms with van der Waals surface area (Å²) in [7, 11) is 1.46. The zero-order valence-corrected chi connectivity index (χ0v) is 15.3. The van der Waals surface area contributed by atoms with Gasteiger partial charge < -0.3 is 9.64 Å². The molecule has 1 aromatic rings. The summed E-state index contributed by atoms with van der Waals surface area (Å²) in [6.45, 7) is 3.37. The third-order valence-corrected chi connectivity index (χ3v) is 6.19. The van der Waals surface area contributed by atoms with Crippen LogP contribution in [0.4, 0.5) is 8.78 Å². The van der Waals surface area contributed by atoms with E-state index in [-0.39, 0.29) is 23.4 Å². The first kappa shape index (κ1) is 17.7. The molecule has 0 aromatic heterocycles. The number of benzene rings is 1. The summed E-state index contributed by atoms with van der Waals surface area (Å²) in [5.41, 5.74) is -0.105. The molecular weight excluding hydrogens is 338 g/mol. The highest BCUT2D eigenvalue weighted by Crippen LogP contribution is 2.42. The number of piperidine rings is 1. The summed E-state index contributed by atoms with van der Waals surface area (Å²) in [4.78, 5) is 17.2. The molecule has 4 nitrogen and oxygen atoms in total.